The second kappa shape index (κ2) is 7.82. The van der Waals surface area contributed by atoms with Crippen LogP contribution in [0.1, 0.15) is 46.9 Å². The van der Waals surface area contributed by atoms with Crippen LogP contribution < -0.4 is 5.32 Å². The van der Waals surface area contributed by atoms with E-state index in [9.17, 15) is 4.79 Å². The van der Waals surface area contributed by atoms with Crippen molar-refractivity contribution < 1.29 is 4.79 Å². The lowest BCUT2D eigenvalue weighted by molar-refractivity contribution is 0.0684. The van der Waals surface area contributed by atoms with Crippen LogP contribution in [0.4, 0.5) is 11.4 Å². The van der Waals surface area contributed by atoms with Crippen LogP contribution in [0.25, 0.3) is 11.0 Å². The van der Waals surface area contributed by atoms with Crippen LogP contribution in [0.2, 0.25) is 0 Å². The Bertz CT molecular complexity index is 1080. The largest absolute Gasteiger partial charge is 0.354 e. The Morgan fingerprint density at radius 1 is 1.14 bits per heavy atom. The van der Waals surface area contributed by atoms with Crippen LogP contribution in [0.5, 0.6) is 0 Å². The van der Waals surface area contributed by atoms with E-state index in [0.29, 0.717) is 17.1 Å². The average molecular weight is 389 g/mol. The second-order valence-corrected chi connectivity index (χ2v) is 8.29. The van der Waals surface area contributed by atoms with Crippen molar-refractivity contribution in [2.24, 2.45) is 5.92 Å². The summed E-state index contributed by atoms with van der Waals surface area (Å²) in [6.07, 6.45) is 3.91. The molecule has 2 aromatic heterocycles. The number of aryl methyl sites for hydroxylation is 3. The summed E-state index contributed by atoms with van der Waals surface area (Å²) in [7, 11) is 0. The first-order chi connectivity index (χ1) is 13.9. The molecular formula is C24H28N4O. The summed E-state index contributed by atoms with van der Waals surface area (Å²) < 4.78 is 0. The maximum absolute atomic E-state index is 13.4. The van der Waals surface area contributed by atoms with Gasteiger partial charge in [0.1, 0.15) is 0 Å². The number of amides is 1. The Balaban J connectivity index is 1.80. The molecule has 1 amide bonds. The monoisotopic (exact) mass is 388 g/mol. The van der Waals surface area contributed by atoms with Gasteiger partial charge in [-0.1, -0.05) is 13.0 Å². The first-order valence-electron chi connectivity index (χ1n) is 10.3. The van der Waals surface area contributed by atoms with Gasteiger partial charge in [-0.05, 0) is 74.9 Å². The molecule has 0 unspecified atom stereocenters. The quantitative estimate of drug-likeness (QED) is 0.672. The number of fused-ring (bicyclic) bond motifs is 1. The number of nitrogens with zero attached hydrogens (tertiary/aromatic N) is 3. The number of pyridine rings is 2. The molecule has 0 spiro atoms. The molecule has 1 aromatic carbocycles. The van der Waals surface area contributed by atoms with Gasteiger partial charge in [0.15, 0.2) is 5.65 Å². The summed E-state index contributed by atoms with van der Waals surface area (Å²) in [6, 6.07) is 10.2. The van der Waals surface area contributed by atoms with E-state index in [1.165, 1.54) is 17.5 Å². The van der Waals surface area contributed by atoms with E-state index in [-0.39, 0.29) is 5.91 Å². The minimum Gasteiger partial charge on any atom is -0.354 e. The molecule has 4 rings (SSSR count). The van der Waals surface area contributed by atoms with E-state index in [0.717, 1.165) is 42.0 Å². The molecule has 1 fully saturated rings. The standard InChI is InChI=1S/C24H28N4O/c1-15-6-5-11-28(14-15)24(29)21-13-25-23-20(10-8-18(4)26-23)22(21)27-19-9-7-16(2)17(3)12-19/h7-10,12-13,15H,5-6,11,14H2,1-4H3,(H,25,26,27)/t15-/m1/s1. The highest BCUT2D eigenvalue weighted by Crippen LogP contribution is 2.31. The molecule has 150 valence electrons. The van der Waals surface area contributed by atoms with Crippen LogP contribution in [-0.4, -0.2) is 33.9 Å². The predicted molar refractivity (Wildman–Crippen MR) is 118 cm³/mol. The van der Waals surface area contributed by atoms with Crippen LogP contribution >= 0.6 is 0 Å². The number of benzene rings is 1. The van der Waals surface area contributed by atoms with Crippen LogP contribution in [0.3, 0.4) is 0 Å². The number of piperidine rings is 1. The fraction of sp³-hybridized carbons (Fsp3) is 0.375. The Labute approximate surface area is 172 Å². The third kappa shape index (κ3) is 3.95. The fourth-order valence-electron chi connectivity index (χ4n) is 3.98. The molecule has 1 atom stereocenters. The molecule has 5 heteroatoms. The lowest BCUT2D eigenvalue weighted by Crippen LogP contribution is -2.39. The van der Waals surface area contributed by atoms with Crippen molar-refractivity contribution in [2.45, 2.75) is 40.5 Å². The predicted octanol–water partition coefficient (Wildman–Crippen LogP) is 5.17. The highest BCUT2D eigenvalue weighted by atomic mass is 16.2. The molecule has 1 saturated heterocycles. The van der Waals surface area contributed by atoms with Crippen LogP contribution in [0, 0.1) is 26.7 Å². The van der Waals surface area contributed by atoms with Gasteiger partial charge in [-0.2, -0.15) is 0 Å². The van der Waals surface area contributed by atoms with Gasteiger partial charge in [0, 0.05) is 36.1 Å². The second-order valence-electron chi connectivity index (χ2n) is 8.29. The van der Waals surface area contributed by atoms with Gasteiger partial charge < -0.3 is 10.2 Å². The van der Waals surface area contributed by atoms with Gasteiger partial charge >= 0.3 is 0 Å². The summed E-state index contributed by atoms with van der Waals surface area (Å²) in [5.74, 6) is 0.569. The summed E-state index contributed by atoms with van der Waals surface area (Å²) in [4.78, 5) is 24.4. The van der Waals surface area contributed by atoms with E-state index in [4.69, 9.17) is 0 Å². The molecule has 5 nitrogen and oxygen atoms in total. The third-order valence-corrected chi connectivity index (χ3v) is 5.82. The third-order valence-electron chi connectivity index (χ3n) is 5.82. The molecule has 0 radical (unpaired) electrons. The van der Waals surface area contributed by atoms with Gasteiger partial charge in [0.2, 0.25) is 0 Å². The number of hydrogen-bond donors (Lipinski definition) is 1. The number of carbonyl (C=O) groups is 1. The van der Waals surface area contributed by atoms with Crippen molar-refractivity contribution in [3.8, 4) is 0 Å². The number of rotatable bonds is 3. The van der Waals surface area contributed by atoms with Crippen molar-refractivity contribution >= 4 is 28.3 Å². The zero-order valence-electron chi connectivity index (χ0n) is 17.6. The Hall–Kier alpha value is -2.95. The Kier molecular flexibility index (Phi) is 5.22. The summed E-state index contributed by atoms with van der Waals surface area (Å²) in [5.41, 5.74) is 6.36. The molecule has 0 bridgehead atoms. The van der Waals surface area contributed by atoms with Gasteiger partial charge in [0.05, 0.1) is 11.3 Å². The fourth-order valence-corrected chi connectivity index (χ4v) is 3.98. The highest BCUT2D eigenvalue weighted by Gasteiger charge is 2.25. The van der Waals surface area contributed by atoms with E-state index in [1.54, 1.807) is 6.20 Å². The van der Waals surface area contributed by atoms with Crippen LogP contribution in [0.15, 0.2) is 36.5 Å². The van der Waals surface area contributed by atoms with Gasteiger partial charge in [-0.25, -0.2) is 9.97 Å². The number of likely N-dealkylation sites (tertiary alicyclic amines) is 1. The lowest BCUT2D eigenvalue weighted by atomic mass is 9.99. The Morgan fingerprint density at radius 2 is 1.97 bits per heavy atom. The van der Waals surface area contributed by atoms with Crippen molar-refractivity contribution in [3.05, 3.63) is 58.9 Å². The SMILES string of the molecule is Cc1ccc2c(Nc3ccc(C)c(C)c3)c(C(=O)N3CCC[C@@H](C)C3)cnc2n1. The number of carbonyl (C=O) groups excluding carboxylic acids is 1. The van der Waals surface area contributed by atoms with E-state index in [1.807, 2.05) is 30.0 Å². The minimum absolute atomic E-state index is 0.0397. The van der Waals surface area contributed by atoms with Gasteiger partial charge in [0.25, 0.3) is 5.91 Å². The van der Waals surface area contributed by atoms with E-state index < -0.39 is 0 Å². The maximum atomic E-state index is 13.4. The molecule has 0 aliphatic carbocycles. The first kappa shape index (κ1) is 19.4. The summed E-state index contributed by atoms with van der Waals surface area (Å²) in [6.45, 7) is 9.95. The molecular weight excluding hydrogens is 360 g/mol. The van der Waals surface area contributed by atoms with Gasteiger partial charge in [-0.3, -0.25) is 4.79 Å². The smallest absolute Gasteiger partial charge is 0.257 e. The number of anilines is 2. The molecule has 1 N–H and O–H groups in total. The topological polar surface area (TPSA) is 58.1 Å². The number of hydrogen-bond acceptors (Lipinski definition) is 4. The normalized spacial score (nSPS) is 16.8. The van der Waals surface area contributed by atoms with Crippen molar-refractivity contribution in [2.75, 3.05) is 18.4 Å². The van der Waals surface area contributed by atoms with Crippen molar-refractivity contribution in [1.82, 2.24) is 14.9 Å². The highest BCUT2D eigenvalue weighted by molar-refractivity contribution is 6.07. The van der Waals surface area contributed by atoms with Crippen LogP contribution in [-0.2, 0) is 0 Å². The molecule has 0 saturated carbocycles. The van der Waals surface area contributed by atoms with E-state index >= 15 is 0 Å². The average Bonchev–Trinajstić information content (AvgIpc) is 2.70. The zero-order valence-corrected chi connectivity index (χ0v) is 17.6. The molecule has 3 aromatic rings. The van der Waals surface area contributed by atoms with Crippen molar-refractivity contribution in [3.63, 3.8) is 0 Å². The summed E-state index contributed by atoms with van der Waals surface area (Å²) in [5, 5.41) is 4.37. The number of aromatic nitrogens is 2. The van der Waals surface area contributed by atoms with Crippen molar-refractivity contribution in [1.29, 1.82) is 0 Å². The minimum atomic E-state index is 0.0397. The van der Waals surface area contributed by atoms with Gasteiger partial charge in [-0.15, -0.1) is 0 Å². The lowest BCUT2D eigenvalue weighted by Gasteiger charge is -2.31. The molecule has 1 aliphatic rings. The molecule has 29 heavy (non-hydrogen) atoms. The molecule has 1 aliphatic heterocycles. The first-order valence-corrected chi connectivity index (χ1v) is 10.3. The maximum Gasteiger partial charge on any atom is 0.257 e. The summed E-state index contributed by atoms with van der Waals surface area (Å²) >= 11 is 0. The Morgan fingerprint density at radius 3 is 2.72 bits per heavy atom. The zero-order chi connectivity index (χ0) is 20.5. The molecule has 3 heterocycles. The number of nitrogens with one attached hydrogen (secondary N) is 1. The van der Waals surface area contributed by atoms with E-state index in [2.05, 4.69) is 48.2 Å².